The Kier molecular flexibility index (Phi) is 4.86. The van der Waals surface area contributed by atoms with Crippen LogP contribution in [0.3, 0.4) is 0 Å². The summed E-state index contributed by atoms with van der Waals surface area (Å²) < 4.78 is 6.98. The molecule has 0 atom stereocenters. The zero-order valence-corrected chi connectivity index (χ0v) is 11.9. The van der Waals surface area contributed by atoms with Crippen LogP contribution in [0.1, 0.15) is 31.7 Å². The van der Waals surface area contributed by atoms with E-state index in [9.17, 15) is 0 Å². The quantitative estimate of drug-likeness (QED) is 0.864. The molecule has 1 N–H and O–H groups in total. The van der Waals surface area contributed by atoms with E-state index in [1.807, 2.05) is 6.07 Å². The second kappa shape index (κ2) is 6.41. The van der Waals surface area contributed by atoms with E-state index < -0.39 is 0 Å². The normalized spacial score (nSPS) is 15.6. The van der Waals surface area contributed by atoms with Gasteiger partial charge in [0.2, 0.25) is 0 Å². The summed E-state index contributed by atoms with van der Waals surface area (Å²) in [6, 6.07) is 6.24. The number of ether oxygens (including phenoxy) is 1. The topological polar surface area (TPSA) is 21.3 Å². The van der Waals surface area contributed by atoms with Crippen LogP contribution >= 0.6 is 15.9 Å². The van der Waals surface area contributed by atoms with Gasteiger partial charge in [0.15, 0.2) is 0 Å². The molecular formula is C14H20BrNO. The van der Waals surface area contributed by atoms with Gasteiger partial charge < -0.3 is 10.1 Å². The van der Waals surface area contributed by atoms with Crippen LogP contribution in [-0.4, -0.2) is 13.2 Å². The van der Waals surface area contributed by atoms with Crippen LogP contribution in [-0.2, 0) is 6.54 Å². The first-order chi connectivity index (χ1) is 8.29. The summed E-state index contributed by atoms with van der Waals surface area (Å²) in [6.07, 6.45) is 4.04. The summed E-state index contributed by atoms with van der Waals surface area (Å²) >= 11 is 3.57. The molecule has 2 nitrogen and oxygen atoms in total. The first-order valence-corrected chi connectivity index (χ1v) is 7.21. The maximum absolute atomic E-state index is 5.84. The predicted molar refractivity (Wildman–Crippen MR) is 74.4 cm³/mol. The average molecular weight is 298 g/mol. The summed E-state index contributed by atoms with van der Waals surface area (Å²) in [5, 5.41) is 3.33. The van der Waals surface area contributed by atoms with Gasteiger partial charge in [-0.2, -0.15) is 0 Å². The molecule has 0 saturated heterocycles. The smallest absolute Gasteiger partial charge is 0.119 e. The fraction of sp³-hybridized carbons (Fsp3) is 0.571. The first kappa shape index (κ1) is 12.9. The Morgan fingerprint density at radius 3 is 2.88 bits per heavy atom. The molecular weight excluding hydrogens is 278 g/mol. The maximum atomic E-state index is 5.84. The van der Waals surface area contributed by atoms with Crippen molar-refractivity contribution in [2.45, 2.75) is 32.7 Å². The Morgan fingerprint density at radius 1 is 1.41 bits per heavy atom. The highest BCUT2D eigenvalue weighted by atomic mass is 79.9. The third-order valence-electron chi connectivity index (χ3n) is 3.29. The van der Waals surface area contributed by atoms with Gasteiger partial charge in [-0.05, 0) is 49.1 Å². The highest BCUT2D eigenvalue weighted by molar-refractivity contribution is 9.10. The van der Waals surface area contributed by atoms with E-state index in [1.165, 1.54) is 24.8 Å². The van der Waals surface area contributed by atoms with Crippen molar-refractivity contribution in [3.05, 3.63) is 28.2 Å². The van der Waals surface area contributed by atoms with Crippen LogP contribution in [0.2, 0.25) is 0 Å². The predicted octanol–water partition coefficient (Wildman–Crippen LogP) is 3.74. The molecule has 0 amide bonds. The lowest BCUT2D eigenvalue weighted by Crippen LogP contribution is -2.19. The van der Waals surface area contributed by atoms with Crippen molar-refractivity contribution in [1.29, 1.82) is 0 Å². The SMILES string of the molecule is CCNCc1cc(OCC2CCC2)ccc1Br. The minimum absolute atomic E-state index is 0.788. The van der Waals surface area contributed by atoms with Gasteiger partial charge in [-0.3, -0.25) is 0 Å². The Hall–Kier alpha value is -0.540. The standard InChI is InChI=1S/C14H20BrNO/c1-2-16-9-12-8-13(6-7-14(12)15)17-10-11-4-3-5-11/h6-8,11,16H,2-5,9-10H2,1H3. The summed E-state index contributed by atoms with van der Waals surface area (Å²) in [4.78, 5) is 0. The van der Waals surface area contributed by atoms with Crippen LogP contribution in [0.15, 0.2) is 22.7 Å². The van der Waals surface area contributed by atoms with E-state index in [0.29, 0.717) is 0 Å². The molecule has 0 heterocycles. The molecule has 0 unspecified atom stereocenters. The molecule has 1 aliphatic rings. The van der Waals surface area contributed by atoms with E-state index in [-0.39, 0.29) is 0 Å². The van der Waals surface area contributed by atoms with Crippen molar-refractivity contribution in [1.82, 2.24) is 5.32 Å². The van der Waals surface area contributed by atoms with Gasteiger partial charge in [-0.15, -0.1) is 0 Å². The number of hydrogen-bond acceptors (Lipinski definition) is 2. The minimum Gasteiger partial charge on any atom is -0.493 e. The summed E-state index contributed by atoms with van der Waals surface area (Å²) in [5.74, 6) is 1.78. The fourth-order valence-electron chi connectivity index (χ4n) is 1.91. The van der Waals surface area contributed by atoms with Crippen molar-refractivity contribution in [2.75, 3.05) is 13.2 Å². The zero-order chi connectivity index (χ0) is 12.1. The molecule has 1 aromatic rings. The largest absolute Gasteiger partial charge is 0.493 e. The second-order valence-electron chi connectivity index (χ2n) is 4.64. The van der Waals surface area contributed by atoms with Crippen LogP contribution in [0.25, 0.3) is 0 Å². The van der Waals surface area contributed by atoms with E-state index in [1.54, 1.807) is 0 Å². The van der Waals surface area contributed by atoms with Gasteiger partial charge in [-0.1, -0.05) is 29.3 Å². The minimum atomic E-state index is 0.788. The number of rotatable bonds is 6. The Balaban J connectivity index is 1.91. The molecule has 0 aliphatic heterocycles. The highest BCUT2D eigenvalue weighted by Gasteiger charge is 2.17. The lowest BCUT2D eigenvalue weighted by molar-refractivity contribution is 0.180. The second-order valence-corrected chi connectivity index (χ2v) is 5.50. The number of hydrogen-bond donors (Lipinski definition) is 1. The van der Waals surface area contributed by atoms with E-state index in [4.69, 9.17) is 4.74 Å². The van der Waals surface area contributed by atoms with Crippen LogP contribution in [0.4, 0.5) is 0 Å². The van der Waals surface area contributed by atoms with Gasteiger partial charge >= 0.3 is 0 Å². The average Bonchev–Trinajstić information content (AvgIpc) is 2.27. The highest BCUT2D eigenvalue weighted by Crippen LogP contribution is 2.28. The van der Waals surface area contributed by atoms with Crippen LogP contribution in [0, 0.1) is 5.92 Å². The lowest BCUT2D eigenvalue weighted by Gasteiger charge is -2.25. The fourth-order valence-corrected chi connectivity index (χ4v) is 2.30. The van der Waals surface area contributed by atoms with Crippen molar-refractivity contribution in [3.8, 4) is 5.75 Å². The zero-order valence-electron chi connectivity index (χ0n) is 10.3. The number of benzene rings is 1. The monoisotopic (exact) mass is 297 g/mol. The van der Waals surface area contributed by atoms with Gasteiger partial charge in [-0.25, -0.2) is 0 Å². The summed E-state index contributed by atoms with van der Waals surface area (Å²) in [6.45, 7) is 4.87. The van der Waals surface area contributed by atoms with Crippen molar-refractivity contribution in [2.24, 2.45) is 5.92 Å². The van der Waals surface area contributed by atoms with Crippen LogP contribution < -0.4 is 10.1 Å². The van der Waals surface area contributed by atoms with Gasteiger partial charge in [0.25, 0.3) is 0 Å². The first-order valence-electron chi connectivity index (χ1n) is 6.41. The molecule has 94 valence electrons. The van der Waals surface area contributed by atoms with Crippen molar-refractivity contribution < 1.29 is 4.74 Å². The van der Waals surface area contributed by atoms with Crippen molar-refractivity contribution >= 4 is 15.9 Å². The molecule has 1 aliphatic carbocycles. The summed E-state index contributed by atoms with van der Waals surface area (Å²) in [7, 11) is 0. The van der Waals surface area contributed by atoms with Gasteiger partial charge in [0.1, 0.15) is 5.75 Å². The van der Waals surface area contributed by atoms with Crippen molar-refractivity contribution in [3.63, 3.8) is 0 Å². The van der Waals surface area contributed by atoms with E-state index in [2.05, 4.69) is 40.3 Å². The molecule has 0 spiro atoms. The molecule has 0 bridgehead atoms. The molecule has 1 saturated carbocycles. The third kappa shape index (κ3) is 3.71. The third-order valence-corrected chi connectivity index (χ3v) is 4.07. The molecule has 0 radical (unpaired) electrons. The van der Waals surface area contributed by atoms with E-state index >= 15 is 0 Å². The molecule has 17 heavy (non-hydrogen) atoms. The lowest BCUT2D eigenvalue weighted by atomic mass is 9.86. The number of nitrogens with one attached hydrogen (secondary N) is 1. The Bertz CT molecular complexity index is 363. The molecule has 0 aromatic heterocycles. The maximum Gasteiger partial charge on any atom is 0.119 e. The van der Waals surface area contributed by atoms with E-state index in [0.717, 1.165) is 35.8 Å². The molecule has 2 rings (SSSR count). The molecule has 3 heteroatoms. The Labute approximate surface area is 112 Å². The van der Waals surface area contributed by atoms with Gasteiger partial charge in [0, 0.05) is 11.0 Å². The molecule has 1 aromatic carbocycles. The summed E-state index contributed by atoms with van der Waals surface area (Å²) in [5.41, 5.74) is 1.26. The molecule has 1 fully saturated rings. The van der Waals surface area contributed by atoms with Gasteiger partial charge in [0.05, 0.1) is 6.61 Å². The van der Waals surface area contributed by atoms with Crippen LogP contribution in [0.5, 0.6) is 5.75 Å². The number of halogens is 1. The Morgan fingerprint density at radius 2 is 2.24 bits per heavy atom.